The van der Waals surface area contributed by atoms with Gasteiger partial charge in [0.2, 0.25) is 0 Å². The Labute approximate surface area is 69.8 Å². The molecule has 1 saturated carbocycles. The minimum Gasteiger partial charge on any atom is -0.294 e. The van der Waals surface area contributed by atoms with Crippen LogP contribution in [-0.2, 0) is 0 Å². The van der Waals surface area contributed by atoms with Crippen molar-refractivity contribution in [1.29, 1.82) is 0 Å². The van der Waals surface area contributed by atoms with Crippen molar-refractivity contribution in [3.05, 3.63) is 0 Å². The van der Waals surface area contributed by atoms with E-state index in [2.05, 4.69) is 25.7 Å². The van der Waals surface area contributed by atoms with Gasteiger partial charge >= 0.3 is 0 Å². The fraction of sp³-hybridized carbons (Fsp3) is 1.00. The van der Waals surface area contributed by atoms with Crippen LogP contribution in [0, 0.1) is 5.41 Å². The van der Waals surface area contributed by atoms with Gasteiger partial charge in [0.05, 0.1) is 0 Å². The smallest absolute Gasteiger partial charge is 0.0308 e. The van der Waals surface area contributed by atoms with E-state index < -0.39 is 0 Å². The molecule has 0 spiro atoms. The largest absolute Gasteiger partial charge is 0.294 e. The van der Waals surface area contributed by atoms with Crippen LogP contribution < -0.4 is 0 Å². The Balaban J connectivity index is 1.98. The molecule has 3 unspecified atom stereocenters. The highest BCUT2D eigenvalue weighted by Crippen LogP contribution is 2.59. The average molecular weight is 153 g/mol. The maximum absolute atomic E-state index is 2.64. The fourth-order valence-corrected chi connectivity index (χ4v) is 2.78. The minimum absolute atomic E-state index is 0.773. The van der Waals surface area contributed by atoms with Gasteiger partial charge in [-0.3, -0.25) is 4.90 Å². The summed E-state index contributed by atoms with van der Waals surface area (Å²) in [6.07, 6.45) is 4.39. The molecule has 2 rings (SSSR count). The summed E-state index contributed by atoms with van der Waals surface area (Å²) in [5.41, 5.74) is 0.773. The number of hydrogen-bond donors (Lipinski definition) is 0. The molecule has 1 heteroatoms. The van der Waals surface area contributed by atoms with E-state index >= 15 is 0 Å². The Kier molecular flexibility index (Phi) is 1.54. The number of hydrogen-bond acceptors (Lipinski definition) is 1. The molecule has 1 aliphatic carbocycles. The van der Waals surface area contributed by atoms with Gasteiger partial charge in [0.25, 0.3) is 0 Å². The molecular formula is C10H19N. The van der Waals surface area contributed by atoms with Crippen LogP contribution in [-0.4, -0.2) is 23.5 Å². The maximum Gasteiger partial charge on any atom is 0.0308 e. The highest BCUT2D eigenvalue weighted by molar-refractivity contribution is 5.15. The second-order valence-corrected chi connectivity index (χ2v) is 4.23. The van der Waals surface area contributed by atoms with Crippen molar-refractivity contribution in [2.75, 3.05) is 6.54 Å². The SMILES string of the molecule is CCN1C(C)C1C1(CC)CC1. The molecule has 0 aromatic heterocycles. The van der Waals surface area contributed by atoms with Crippen molar-refractivity contribution >= 4 is 0 Å². The van der Waals surface area contributed by atoms with Gasteiger partial charge < -0.3 is 0 Å². The molecule has 0 bridgehead atoms. The van der Waals surface area contributed by atoms with E-state index in [-0.39, 0.29) is 0 Å². The molecule has 64 valence electrons. The molecule has 1 nitrogen and oxygen atoms in total. The molecule has 3 atom stereocenters. The van der Waals surface area contributed by atoms with E-state index in [1.54, 1.807) is 0 Å². The zero-order valence-electron chi connectivity index (χ0n) is 7.93. The first-order valence-electron chi connectivity index (χ1n) is 5.01. The predicted molar refractivity (Wildman–Crippen MR) is 47.6 cm³/mol. The quantitative estimate of drug-likeness (QED) is 0.562. The topological polar surface area (TPSA) is 3.01 Å². The molecule has 2 aliphatic rings. The van der Waals surface area contributed by atoms with Gasteiger partial charge in [-0.05, 0) is 38.1 Å². The van der Waals surface area contributed by atoms with E-state index in [4.69, 9.17) is 0 Å². The highest BCUT2D eigenvalue weighted by Gasteiger charge is 2.60. The van der Waals surface area contributed by atoms with Crippen LogP contribution in [0.1, 0.15) is 40.0 Å². The third kappa shape index (κ3) is 0.936. The van der Waals surface area contributed by atoms with E-state index in [9.17, 15) is 0 Å². The lowest BCUT2D eigenvalue weighted by molar-refractivity contribution is 0.387. The third-order valence-electron chi connectivity index (χ3n) is 3.84. The van der Waals surface area contributed by atoms with E-state index in [0.717, 1.165) is 17.5 Å². The minimum atomic E-state index is 0.773. The van der Waals surface area contributed by atoms with Gasteiger partial charge in [-0.15, -0.1) is 0 Å². The van der Waals surface area contributed by atoms with E-state index in [1.165, 1.54) is 25.8 Å². The van der Waals surface area contributed by atoms with Crippen LogP contribution in [0.5, 0.6) is 0 Å². The summed E-state index contributed by atoms with van der Waals surface area (Å²) in [4.78, 5) is 2.64. The Bertz CT molecular complexity index is 160. The molecule has 11 heavy (non-hydrogen) atoms. The van der Waals surface area contributed by atoms with Crippen molar-refractivity contribution in [2.24, 2.45) is 5.41 Å². The highest BCUT2D eigenvalue weighted by atomic mass is 15.4. The summed E-state index contributed by atoms with van der Waals surface area (Å²) >= 11 is 0. The molecule has 1 saturated heterocycles. The molecule has 0 aromatic rings. The van der Waals surface area contributed by atoms with Crippen LogP contribution in [0.3, 0.4) is 0 Å². The molecule has 0 N–H and O–H groups in total. The number of nitrogens with zero attached hydrogens (tertiary/aromatic N) is 1. The second-order valence-electron chi connectivity index (χ2n) is 4.23. The molecule has 0 aromatic carbocycles. The number of likely N-dealkylation sites (N-methyl/N-ethyl adjacent to an activating group) is 1. The molecular weight excluding hydrogens is 134 g/mol. The van der Waals surface area contributed by atoms with Gasteiger partial charge in [0, 0.05) is 12.1 Å². The first-order chi connectivity index (χ1) is 5.25. The zero-order valence-corrected chi connectivity index (χ0v) is 7.93. The first-order valence-corrected chi connectivity index (χ1v) is 5.01. The Morgan fingerprint density at radius 3 is 2.27 bits per heavy atom. The van der Waals surface area contributed by atoms with Crippen LogP contribution in [0.25, 0.3) is 0 Å². The summed E-state index contributed by atoms with van der Waals surface area (Å²) in [6, 6.07) is 1.85. The van der Waals surface area contributed by atoms with Crippen LogP contribution in [0.2, 0.25) is 0 Å². The predicted octanol–water partition coefficient (Wildman–Crippen LogP) is 2.27. The molecule has 2 fully saturated rings. The molecule has 1 aliphatic heterocycles. The Hall–Kier alpha value is -0.0400. The van der Waals surface area contributed by atoms with E-state index in [0.29, 0.717) is 0 Å². The number of rotatable bonds is 3. The summed E-state index contributed by atoms with van der Waals surface area (Å²) in [6.45, 7) is 8.27. The summed E-state index contributed by atoms with van der Waals surface area (Å²) in [5.74, 6) is 0. The molecule has 0 amide bonds. The van der Waals surface area contributed by atoms with Gasteiger partial charge in [-0.25, -0.2) is 0 Å². The second kappa shape index (κ2) is 2.22. The lowest BCUT2D eigenvalue weighted by atomic mass is 9.97. The van der Waals surface area contributed by atoms with Crippen molar-refractivity contribution < 1.29 is 0 Å². The van der Waals surface area contributed by atoms with E-state index in [1.807, 2.05) is 0 Å². The Morgan fingerprint density at radius 2 is 2.00 bits per heavy atom. The first kappa shape index (κ1) is 7.60. The van der Waals surface area contributed by atoms with Crippen LogP contribution in [0.15, 0.2) is 0 Å². The normalized spacial score (nSPS) is 45.5. The standard InChI is InChI=1S/C10H19N/c1-4-10(6-7-10)9-8(3)11(9)5-2/h8-9H,4-7H2,1-3H3. The molecule has 0 radical (unpaired) electrons. The van der Waals surface area contributed by atoms with Crippen LogP contribution >= 0.6 is 0 Å². The Morgan fingerprint density at radius 1 is 1.36 bits per heavy atom. The van der Waals surface area contributed by atoms with Crippen molar-refractivity contribution in [3.8, 4) is 0 Å². The summed E-state index contributed by atoms with van der Waals surface area (Å²) < 4.78 is 0. The van der Waals surface area contributed by atoms with Gasteiger partial charge in [-0.2, -0.15) is 0 Å². The van der Waals surface area contributed by atoms with Crippen molar-refractivity contribution in [1.82, 2.24) is 4.90 Å². The zero-order chi connectivity index (χ0) is 8.06. The maximum atomic E-state index is 2.64. The lowest BCUT2D eigenvalue weighted by Gasteiger charge is -2.10. The lowest BCUT2D eigenvalue weighted by Crippen LogP contribution is -2.13. The summed E-state index contributed by atoms with van der Waals surface area (Å²) in [7, 11) is 0. The van der Waals surface area contributed by atoms with Crippen LogP contribution in [0.4, 0.5) is 0 Å². The monoisotopic (exact) mass is 153 g/mol. The fourth-order valence-electron chi connectivity index (χ4n) is 2.78. The average Bonchev–Trinajstić information content (AvgIpc) is 2.85. The van der Waals surface area contributed by atoms with Gasteiger partial charge in [0.15, 0.2) is 0 Å². The summed E-state index contributed by atoms with van der Waals surface area (Å²) in [5, 5.41) is 0. The molecule has 1 heterocycles. The van der Waals surface area contributed by atoms with Gasteiger partial charge in [-0.1, -0.05) is 13.8 Å². The van der Waals surface area contributed by atoms with Crippen molar-refractivity contribution in [3.63, 3.8) is 0 Å². The van der Waals surface area contributed by atoms with Gasteiger partial charge in [0.1, 0.15) is 0 Å². The third-order valence-corrected chi connectivity index (χ3v) is 3.84. The van der Waals surface area contributed by atoms with Crippen molar-refractivity contribution in [2.45, 2.75) is 52.1 Å².